The molecule has 12 nitrogen and oxygen atoms in total. The predicted molar refractivity (Wildman–Crippen MR) is 133 cm³/mol. The van der Waals surface area contributed by atoms with Gasteiger partial charge in [0.25, 0.3) is 0 Å². The Morgan fingerprint density at radius 2 is 1.81 bits per heavy atom. The first-order chi connectivity index (χ1) is 17.2. The number of nitrogens with one attached hydrogen (secondary N) is 2. The second-order valence-electron chi connectivity index (χ2n) is 9.38. The van der Waals surface area contributed by atoms with Gasteiger partial charge in [-0.1, -0.05) is 23.8 Å². The number of rotatable bonds is 11. The minimum atomic E-state index is -1.34. The monoisotopic (exact) mass is 517 g/mol. The molecule has 4 amide bonds. The smallest absolute Gasteiger partial charge is 0.408 e. The van der Waals surface area contributed by atoms with Gasteiger partial charge < -0.3 is 30.7 Å². The number of nitriles is 1. The highest BCUT2D eigenvalue weighted by molar-refractivity contribution is 5.93. The maximum absolute atomic E-state index is 13.7. The highest BCUT2D eigenvalue weighted by Crippen LogP contribution is 2.26. The van der Waals surface area contributed by atoms with Crippen LogP contribution in [0.1, 0.15) is 56.3 Å². The van der Waals surface area contributed by atoms with Crippen LogP contribution in [0, 0.1) is 25.2 Å². The molecule has 0 aliphatic rings. The quantitative estimate of drug-likeness (QED) is 0.288. The molecule has 2 atom stereocenters. The summed E-state index contributed by atoms with van der Waals surface area (Å²) in [5.41, 5.74) is 6.34. The van der Waals surface area contributed by atoms with Crippen LogP contribution in [0.3, 0.4) is 0 Å². The van der Waals surface area contributed by atoms with Gasteiger partial charge in [-0.15, -0.1) is 0 Å². The van der Waals surface area contributed by atoms with Crippen molar-refractivity contribution in [1.29, 1.82) is 5.26 Å². The number of nitrogens with zero attached hydrogens (tertiary/aromatic N) is 2. The molecule has 4 N–H and O–H groups in total. The maximum Gasteiger partial charge on any atom is 0.408 e. The van der Waals surface area contributed by atoms with Gasteiger partial charge in [0.2, 0.25) is 17.7 Å². The summed E-state index contributed by atoms with van der Waals surface area (Å²) in [6.45, 7) is 7.50. The van der Waals surface area contributed by atoms with Crippen molar-refractivity contribution < 1.29 is 33.4 Å². The summed E-state index contributed by atoms with van der Waals surface area (Å²) in [6.07, 6.45) is -1.38. The van der Waals surface area contributed by atoms with Crippen LogP contribution >= 0.6 is 0 Å². The molecule has 12 heteroatoms. The van der Waals surface area contributed by atoms with Gasteiger partial charge in [-0.3, -0.25) is 19.2 Å². The molecule has 202 valence electrons. The third-order valence-electron chi connectivity index (χ3n) is 5.11. The van der Waals surface area contributed by atoms with E-state index < -0.39 is 60.6 Å². The first-order valence-electron chi connectivity index (χ1n) is 11.6. The topological polar surface area (TPSA) is 181 Å². The van der Waals surface area contributed by atoms with Gasteiger partial charge in [-0.05, 0) is 52.2 Å². The molecule has 0 aliphatic heterocycles. The summed E-state index contributed by atoms with van der Waals surface area (Å²) in [5, 5.41) is 14.4. The number of benzene rings is 1. The first-order valence-corrected chi connectivity index (χ1v) is 11.6. The van der Waals surface area contributed by atoms with E-state index in [0.29, 0.717) is 11.1 Å². The van der Waals surface area contributed by atoms with Crippen LogP contribution < -0.4 is 16.4 Å². The Morgan fingerprint density at radius 3 is 2.32 bits per heavy atom. The third kappa shape index (κ3) is 10.2. The molecule has 0 bridgehead atoms. The van der Waals surface area contributed by atoms with E-state index in [1.54, 1.807) is 45.9 Å². The Hall–Kier alpha value is -4.14. The fourth-order valence-corrected chi connectivity index (χ4v) is 3.48. The molecular formula is C25H35N5O7. The van der Waals surface area contributed by atoms with Crippen LogP contribution in [-0.4, -0.2) is 66.5 Å². The van der Waals surface area contributed by atoms with Gasteiger partial charge in [0.15, 0.2) is 0 Å². The summed E-state index contributed by atoms with van der Waals surface area (Å²) in [4.78, 5) is 63.6. The number of ether oxygens (including phenoxy) is 2. The highest BCUT2D eigenvalue weighted by Gasteiger charge is 2.37. The van der Waals surface area contributed by atoms with Crippen LogP contribution in [-0.2, 0) is 28.7 Å². The first kappa shape index (κ1) is 30.9. The average Bonchev–Trinajstić information content (AvgIpc) is 2.79. The van der Waals surface area contributed by atoms with E-state index >= 15 is 0 Å². The fourth-order valence-electron chi connectivity index (χ4n) is 3.48. The van der Waals surface area contributed by atoms with E-state index in [0.717, 1.165) is 17.6 Å². The lowest BCUT2D eigenvalue weighted by molar-refractivity contribution is -0.144. The SMILES string of the molecule is COC(=O)CNC(=O)C(c1ccc(C)cc1C)N(CC#N)C(=O)C(CCC(N)=O)NC(=O)OC(C)(C)C. The van der Waals surface area contributed by atoms with Crippen molar-refractivity contribution in [3.63, 3.8) is 0 Å². The predicted octanol–water partition coefficient (Wildman–Crippen LogP) is 1.14. The Balaban J connectivity index is 3.51. The van der Waals surface area contributed by atoms with Crippen molar-refractivity contribution in [3.8, 4) is 6.07 Å². The van der Waals surface area contributed by atoms with E-state index in [9.17, 15) is 29.2 Å². The van der Waals surface area contributed by atoms with E-state index in [1.165, 1.54) is 0 Å². The Bertz CT molecular complexity index is 1060. The van der Waals surface area contributed by atoms with Crippen molar-refractivity contribution in [3.05, 3.63) is 34.9 Å². The average molecular weight is 518 g/mol. The van der Waals surface area contributed by atoms with Crippen molar-refractivity contribution in [2.45, 2.75) is 65.1 Å². The molecule has 37 heavy (non-hydrogen) atoms. The standard InChI is InChI=1S/C25H35N5O7/c1-15-7-8-17(16(2)13-15)21(22(33)28-14-20(32)36-6)30(12-11-26)23(34)18(9-10-19(27)31)29-24(35)37-25(3,4)5/h7-8,13,18,21H,9-10,12,14H2,1-6H3,(H2,27,31)(H,28,33)(H,29,35). The Morgan fingerprint density at radius 1 is 1.16 bits per heavy atom. The number of carbonyl (C=O) groups excluding carboxylic acids is 5. The molecule has 0 aromatic heterocycles. The van der Waals surface area contributed by atoms with Crippen LogP contribution in [0.25, 0.3) is 0 Å². The third-order valence-corrected chi connectivity index (χ3v) is 5.11. The van der Waals surface area contributed by atoms with E-state index in [1.807, 2.05) is 13.0 Å². The highest BCUT2D eigenvalue weighted by atomic mass is 16.6. The maximum atomic E-state index is 13.7. The molecule has 0 saturated heterocycles. The summed E-state index contributed by atoms with van der Waals surface area (Å²) in [5.74, 6) is -2.98. The molecule has 0 heterocycles. The molecule has 0 spiro atoms. The minimum Gasteiger partial charge on any atom is -0.468 e. The van der Waals surface area contributed by atoms with E-state index in [2.05, 4.69) is 15.4 Å². The number of alkyl carbamates (subject to hydrolysis) is 1. The zero-order chi connectivity index (χ0) is 28.3. The van der Waals surface area contributed by atoms with Crippen LogP contribution in [0.2, 0.25) is 0 Å². The molecule has 0 saturated carbocycles. The molecule has 1 rings (SSSR count). The van der Waals surface area contributed by atoms with Crippen molar-refractivity contribution >= 4 is 29.8 Å². The minimum absolute atomic E-state index is 0.196. The number of hydrogen-bond donors (Lipinski definition) is 3. The molecule has 1 aromatic carbocycles. The van der Waals surface area contributed by atoms with Crippen LogP contribution in [0.15, 0.2) is 18.2 Å². The van der Waals surface area contributed by atoms with Gasteiger partial charge in [0.05, 0.1) is 13.2 Å². The number of nitrogens with two attached hydrogens (primary N) is 1. The molecule has 0 radical (unpaired) electrons. The zero-order valence-electron chi connectivity index (χ0n) is 22.0. The largest absolute Gasteiger partial charge is 0.468 e. The lowest BCUT2D eigenvalue weighted by atomic mass is 9.96. The Kier molecular flexibility index (Phi) is 11.5. The lowest BCUT2D eigenvalue weighted by Crippen LogP contribution is -2.53. The number of aryl methyl sites for hydroxylation is 2. The lowest BCUT2D eigenvalue weighted by Gasteiger charge is -2.33. The van der Waals surface area contributed by atoms with Gasteiger partial charge in [-0.25, -0.2) is 4.79 Å². The molecule has 2 unspecified atom stereocenters. The van der Waals surface area contributed by atoms with Gasteiger partial charge >= 0.3 is 12.1 Å². The molecule has 1 aromatic rings. The number of primary amides is 1. The van der Waals surface area contributed by atoms with Gasteiger partial charge in [0, 0.05) is 6.42 Å². The van der Waals surface area contributed by atoms with Crippen molar-refractivity contribution in [2.75, 3.05) is 20.2 Å². The Labute approximate surface area is 216 Å². The van der Waals surface area contributed by atoms with Crippen LogP contribution in [0.4, 0.5) is 4.79 Å². The second kappa shape index (κ2) is 13.8. The second-order valence-corrected chi connectivity index (χ2v) is 9.38. The zero-order valence-corrected chi connectivity index (χ0v) is 22.0. The van der Waals surface area contributed by atoms with E-state index in [-0.39, 0.29) is 12.8 Å². The number of methoxy groups -OCH3 is 1. The summed E-state index contributed by atoms with van der Waals surface area (Å²) in [6, 6.07) is 4.38. The normalized spacial score (nSPS) is 12.4. The van der Waals surface area contributed by atoms with E-state index in [4.69, 9.17) is 10.5 Å². The summed E-state index contributed by atoms with van der Waals surface area (Å²) >= 11 is 0. The van der Waals surface area contributed by atoms with Crippen LogP contribution in [0.5, 0.6) is 0 Å². The van der Waals surface area contributed by atoms with Crippen molar-refractivity contribution in [2.24, 2.45) is 5.73 Å². The summed E-state index contributed by atoms with van der Waals surface area (Å²) < 4.78 is 9.80. The van der Waals surface area contributed by atoms with Gasteiger partial charge in [0.1, 0.15) is 30.8 Å². The summed E-state index contributed by atoms with van der Waals surface area (Å²) in [7, 11) is 1.16. The molecular weight excluding hydrogens is 482 g/mol. The number of carbonyl (C=O) groups is 5. The van der Waals surface area contributed by atoms with Gasteiger partial charge in [-0.2, -0.15) is 5.26 Å². The molecule has 0 fully saturated rings. The molecule has 0 aliphatic carbocycles. The van der Waals surface area contributed by atoms with Crippen molar-refractivity contribution in [1.82, 2.24) is 15.5 Å². The number of esters is 1. The fraction of sp³-hybridized carbons (Fsp3) is 0.520. The number of amides is 4. The number of hydrogen-bond acceptors (Lipinski definition) is 8.